The summed E-state index contributed by atoms with van der Waals surface area (Å²) in [6, 6.07) is 6.15. The van der Waals surface area contributed by atoms with Gasteiger partial charge in [-0.15, -0.1) is 0 Å². The maximum Gasteiger partial charge on any atom is 0.422 e. The second-order valence-electron chi connectivity index (χ2n) is 7.54. The van der Waals surface area contributed by atoms with Crippen LogP contribution >= 0.6 is 11.8 Å². The van der Waals surface area contributed by atoms with E-state index >= 15 is 0 Å². The molecule has 2 aliphatic rings. The van der Waals surface area contributed by atoms with Crippen LogP contribution in [0.4, 0.5) is 18.9 Å². The van der Waals surface area contributed by atoms with Gasteiger partial charge in [0.15, 0.2) is 6.61 Å². The van der Waals surface area contributed by atoms with Crippen LogP contribution in [0, 0.1) is 5.41 Å². The van der Waals surface area contributed by atoms with Crippen LogP contribution in [-0.4, -0.2) is 48.0 Å². The van der Waals surface area contributed by atoms with Crippen molar-refractivity contribution in [2.24, 2.45) is 5.41 Å². The van der Waals surface area contributed by atoms with Gasteiger partial charge in [-0.3, -0.25) is 4.79 Å². The third kappa shape index (κ3) is 4.54. The Morgan fingerprint density at radius 3 is 2.33 bits per heavy atom. The Labute approximate surface area is 161 Å². The minimum atomic E-state index is -4.38. The first kappa shape index (κ1) is 20.3. The largest absolute Gasteiger partial charge is 0.484 e. The predicted molar refractivity (Wildman–Crippen MR) is 99.2 cm³/mol. The number of halogens is 3. The van der Waals surface area contributed by atoms with E-state index in [2.05, 4.69) is 0 Å². The molecule has 1 aliphatic carbocycles. The fraction of sp³-hybridized carbons (Fsp3) is 0.632. The van der Waals surface area contributed by atoms with Gasteiger partial charge in [-0.2, -0.15) is 24.9 Å². The highest BCUT2D eigenvalue weighted by atomic mass is 32.2. The summed E-state index contributed by atoms with van der Waals surface area (Å²) in [5, 5.41) is 10.6. The van der Waals surface area contributed by atoms with Crippen LogP contribution in [0.15, 0.2) is 24.3 Å². The summed E-state index contributed by atoms with van der Waals surface area (Å²) in [4.78, 5) is 14.8. The molecule has 0 aromatic heterocycles. The third-order valence-electron chi connectivity index (χ3n) is 5.61. The molecule has 1 saturated carbocycles. The number of rotatable bonds is 5. The van der Waals surface area contributed by atoms with Crippen molar-refractivity contribution in [3.63, 3.8) is 0 Å². The molecule has 0 unspecified atom stereocenters. The van der Waals surface area contributed by atoms with E-state index in [4.69, 9.17) is 4.74 Å². The smallest absolute Gasteiger partial charge is 0.422 e. The summed E-state index contributed by atoms with van der Waals surface area (Å²) >= 11 is 1.62. The SMILES string of the molecule is CSCC1(O)CCC2(CCN(c3ccc(OCC(F)(F)F)cc3)C2=O)CC1. The molecule has 0 atom stereocenters. The molecule has 0 radical (unpaired) electrons. The van der Waals surface area contributed by atoms with Gasteiger partial charge in [-0.1, -0.05) is 0 Å². The van der Waals surface area contributed by atoms with Gasteiger partial charge in [0.1, 0.15) is 5.75 Å². The van der Waals surface area contributed by atoms with Crippen LogP contribution in [0.25, 0.3) is 0 Å². The number of aliphatic hydroxyl groups is 1. The van der Waals surface area contributed by atoms with E-state index in [9.17, 15) is 23.1 Å². The maximum atomic E-state index is 13.1. The second-order valence-corrected chi connectivity index (χ2v) is 8.41. The zero-order valence-electron chi connectivity index (χ0n) is 15.2. The molecule has 2 fully saturated rings. The first-order chi connectivity index (χ1) is 12.7. The number of alkyl halides is 3. The summed E-state index contributed by atoms with van der Waals surface area (Å²) in [5.41, 5.74) is -0.437. The Hall–Kier alpha value is -1.41. The lowest BCUT2D eigenvalue weighted by atomic mass is 9.68. The molecule has 27 heavy (non-hydrogen) atoms. The number of carbonyl (C=O) groups excluding carboxylic acids is 1. The number of hydrogen-bond donors (Lipinski definition) is 1. The average molecular weight is 403 g/mol. The van der Waals surface area contributed by atoms with Crippen molar-refractivity contribution >= 4 is 23.4 Å². The van der Waals surface area contributed by atoms with E-state index in [0.717, 1.165) is 6.42 Å². The van der Waals surface area contributed by atoms with E-state index < -0.39 is 23.8 Å². The molecule has 4 nitrogen and oxygen atoms in total. The molecule has 1 aliphatic heterocycles. The van der Waals surface area contributed by atoms with Gasteiger partial charge in [0.05, 0.1) is 11.0 Å². The Kier molecular flexibility index (Phi) is 5.68. The summed E-state index contributed by atoms with van der Waals surface area (Å²) in [6.07, 6.45) is 0.920. The van der Waals surface area contributed by atoms with E-state index in [-0.39, 0.29) is 11.7 Å². The van der Waals surface area contributed by atoms with Crippen molar-refractivity contribution in [1.29, 1.82) is 0 Å². The van der Waals surface area contributed by atoms with Gasteiger partial charge < -0.3 is 14.7 Å². The number of thioether (sulfide) groups is 1. The fourth-order valence-electron chi connectivity index (χ4n) is 4.03. The Balaban J connectivity index is 1.64. The van der Waals surface area contributed by atoms with Crippen LogP contribution in [0.3, 0.4) is 0 Å². The van der Waals surface area contributed by atoms with Crippen LogP contribution in [0.5, 0.6) is 5.75 Å². The monoisotopic (exact) mass is 403 g/mol. The van der Waals surface area contributed by atoms with Crippen LogP contribution in [-0.2, 0) is 4.79 Å². The zero-order chi connectivity index (χ0) is 19.7. The molecule has 8 heteroatoms. The normalized spacial score (nSPS) is 28.8. The number of benzene rings is 1. The number of carbonyl (C=O) groups is 1. The Bertz CT molecular complexity index is 670. The minimum absolute atomic E-state index is 0.0534. The van der Waals surface area contributed by atoms with Crippen molar-refractivity contribution < 1.29 is 27.8 Å². The summed E-state index contributed by atoms with van der Waals surface area (Å²) in [7, 11) is 0. The summed E-state index contributed by atoms with van der Waals surface area (Å²) < 4.78 is 41.4. The molecule has 1 saturated heterocycles. The maximum absolute atomic E-state index is 13.1. The molecule has 1 aromatic rings. The van der Waals surface area contributed by atoms with E-state index in [1.165, 1.54) is 12.1 Å². The average Bonchev–Trinajstić information content (AvgIpc) is 2.93. The van der Waals surface area contributed by atoms with Crippen molar-refractivity contribution in [3.8, 4) is 5.75 Å². The molecular weight excluding hydrogens is 379 g/mol. The topological polar surface area (TPSA) is 49.8 Å². The molecule has 150 valence electrons. The molecule has 1 N–H and O–H groups in total. The first-order valence-corrected chi connectivity index (χ1v) is 10.4. The molecule has 1 aromatic carbocycles. The third-order valence-corrected chi connectivity index (χ3v) is 6.44. The first-order valence-electron chi connectivity index (χ1n) is 8.99. The lowest BCUT2D eigenvalue weighted by Crippen LogP contribution is -2.44. The van der Waals surface area contributed by atoms with Crippen molar-refractivity contribution in [1.82, 2.24) is 0 Å². The molecular formula is C19H24F3NO3S. The van der Waals surface area contributed by atoms with E-state index in [1.54, 1.807) is 28.8 Å². The van der Waals surface area contributed by atoms with Gasteiger partial charge in [0, 0.05) is 18.0 Å². The van der Waals surface area contributed by atoms with Gasteiger partial charge >= 0.3 is 6.18 Å². The number of anilines is 1. The highest BCUT2D eigenvalue weighted by Crippen LogP contribution is 2.49. The lowest BCUT2D eigenvalue weighted by Gasteiger charge is -2.40. The van der Waals surface area contributed by atoms with E-state index in [1.807, 2.05) is 6.26 Å². The van der Waals surface area contributed by atoms with Crippen molar-refractivity contribution in [2.45, 2.75) is 43.9 Å². The predicted octanol–water partition coefficient (Wildman–Crippen LogP) is 4.02. The van der Waals surface area contributed by atoms with Crippen LogP contribution in [0.1, 0.15) is 32.1 Å². The molecule has 1 heterocycles. The number of nitrogens with zero attached hydrogens (tertiary/aromatic N) is 1. The number of amides is 1. The summed E-state index contributed by atoms with van der Waals surface area (Å²) in [6.45, 7) is -0.750. The van der Waals surface area contributed by atoms with Crippen LogP contribution < -0.4 is 9.64 Å². The lowest BCUT2D eigenvalue weighted by molar-refractivity contribution is -0.153. The quantitative estimate of drug-likeness (QED) is 0.807. The molecule has 1 amide bonds. The second kappa shape index (κ2) is 7.54. The van der Waals surface area contributed by atoms with Gasteiger partial charge in [0.2, 0.25) is 5.91 Å². The highest BCUT2D eigenvalue weighted by molar-refractivity contribution is 7.98. The Morgan fingerprint density at radius 1 is 1.15 bits per heavy atom. The zero-order valence-corrected chi connectivity index (χ0v) is 16.0. The molecule has 3 rings (SSSR count). The van der Waals surface area contributed by atoms with Gasteiger partial charge in [-0.05, 0) is 62.6 Å². The molecule has 0 bridgehead atoms. The van der Waals surface area contributed by atoms with Gasteiger partial charge in [-0.25, -0.2) is 0 Å². The minimum Gasteiger partial charge on any atom is -0.484 e. The Morgan fingerprint density at radius 2 is 1.78 bits per heavy atom. The number of hydrogen-bond acceptors (Lipinski definition) is 4. The highest BCUT2D eigenvalue weighted by Gasteiger charge is 2.51. The van der Waals surface area contributed by atoms with Crippen LogP contribution in [0.2, 0.25) is 0 Å². The fourth-order valence-corrected chi connectivity index (χ4v) is 4.85. The standard InChI is InChI=1S/C19H24F3NO3S/c1-27-13-18(25)8-6-17(7-9-18)10-11-23(16(17)24)14-2-4-15(5-3-14)26-12-19(20,21)22/h2-5,25H,6-13H2,1H3. The van der Waals surface area contributed by atoms with Gasteiger partial charge in [0.25, 0.3) is 0 Å². The number of ether oxygens (including phenoxy) is 1. The van der Waals surface area contributed by atoms with E-state index in [0.29, 0.717) is 43.7 Å². The summed E-state index contributed by atoms with van der Waals surface area (Å²) in [5.74, 6) is 0.857. The van der Waals surface area contributed by atoms with Crippen molar-refractivity contribution in [3.05, 3.63) is 24.3 Å². The van der Waals surface area contributed by atoms with Crippen molar-refractivity contribution in [2.75, 3.05) is 30.1 Å². The molecule has 1 spiro atoms.